The lowest BCUT2D eigenvalue weighted by molar-refractivity contribution is -0.384. The maximum absolute atomic E-state index is 12.4. The predicted molar refractivity (Wildman–Crippen MR) is 109 cm³/mol. The number of nitrogens with zero attached hydrogens (tertiary/aromatic N) is 2. The van der Waals surface area contributed by atoms with Gasteiger partial charge in [0, 0.05) is 37.3 Å². The van der Waals surface area contributed by atoms with Crippen LogP contribution in [0, 0.1) is 22.0 Å². The number of nitro groups is 1. The minimum absolute atomic E-state index is 0. The highest BCUT2D eigenvalue weighted by atomic mass is 35.5. The van der Waals surface area contributed by atoms with Crippen molar-refractivity contribution in [3.05, 3.63) is 33.9 Å². The van der Waals surface area contributed by atoms with E-state index in [1.165, 1.54) is 6.07 Å². The molecule has 2 N–H and O–H groups in total. The van der Waals surface area contributed by atoms with Crippen LogP contribution in [0.5, 0.6) is 0 Å². The van der Waals surface area contributed by atoms with Gasteiger partial charge in [0.1, 0.15) is 5.69 Å². The standard InChI is InChI=1S/C19H28N4O3.ClH/c1-13-8-14(2)12-22(11-13)17-6-5-15(9-18(17)23(25)26)19(24)21-10-16-4-3-7-20-16;/h5-6,9,13-14,16,20H,3-4,7-8,10-12H2,1-2H3,(H,21,24);1H. The molecule has 0 saturated carbocycles. The zero-order valence-corrected chi connectivity index (χ0v) is 16.8. The summed E-state index contributed by atoms with van der Waals surface area (Å²) < 4.78 is 0. The summed E-state index contributed by atoms with van der Waals surface area (Å²) in [5.74, 6) is 0.745. The van der Waals surface area contributed by atoms with E-state index < -0.39 is 0 Å². The van der Waals surface area contributed by atoms with Gasteiger partial charge in [-0.1, -0.05) is 13.8 Å². The van der Waals surface area contributed by atoms with E-state index in [0.29, 0.717) is 35.7 Å². The number of hydrogen-bond acceptors (Lipinski definition) is 5. The Labute approximate surface area is 166 Å². The molecule has 7 nitrogen and oxygen atoms in total. The van der Waals surface area contributed by atoms with Crippen LogP contribution in [0.1, 0.15) is 43.5 Å². The van der Waals surface area contributed by atoms with E-state index in [1.54, 1.807) is 12.1 Å². The zero-order chi connectivity index (χ0) is 18.7. The number of anilines is 1. The second-order valence-electron chi connectivity index (χ2n) is 7.81. The number of hydrogen-bond donors (Lipinski definition) is 2. The largest absolute Gasteiger partial charge is 0.365 e. The highest BCUT2D eigenvalue weighted by molar-refractivity contribution is 5.95. The lowest BCUT2D eigenvalue weighted by atomic mass is 9.91. The molecule has 3 atom stereocenters. The lowest BCUT2D eigenvalue weighted by Gasteiger charge is -2.36. The van der Waals surface area contributed by atoms with Crippen molar-refractivity contribution < 1.29 is 9.72 Å². The number of rotatable bonds is 5. The second kappa shape index (κ2) is 9.37. The first kappa shape index (κ1) is 21.4. The van der Waals surface area contributed by atoms with Gasteiger partial charge in [-0.25, -0.2) is 0 Å². The number of halogens is 1. The normalized spacial score (nSPS) is 25.0. The van der Waals surface area contributed by atoms with Gasteiger partial charge in [0.15, 0.2) is 0 Å². The SMILES string of the molecule is CC1CC(C)CN(c2ccc(C(=O)NCC3CCCN3)cc2[N+](=O)[O-])C1.Cl. The topological polar surface area (TPSA) is 87.5 Å². The Morgan fingerprint density at radius 2 is 2.04 bits per heavy atom. The molecule has 0 radical (unpaired) electrons. The van der Waals surface area contributed by atoms with Crippen LogP contribution < -0.4 is 15.5 Å². The van der Waals surface area contributed by atoms with Gasteiger partial charge < -0.3 is 15.5 Å². The maximum atomic E-state index is 12.4. The predicted octanol–water partition coefficient (Wildman–Crippen LogP) is 2.98. The summed E-state index contributed by atoms with van der Waals surface area (Å²) >= 11 is 0. The van der Waals surface area contributed by atoms with E-state index in [9.17, 15) is 14.9 Å². The molecule has 0 aliphatic carbocycles. The number of amides is 1. The molecule has 3 rings (SSSR count). The molecule has 150 valence electrons. The van der Waals surface area contributed by atoms with Crippen molar-refractivity contribution >= 4 is 29.7 Å². The van der Waals surface area contributed by atoms with Crippen LogP contribution in [0.3, 0.4) is 0 Å². The van der Waals surface area contributed by atoms with Crippen LogP contribution in [0.4, 0.5) is 11.4 Å². The summed E-state index contributed by atoms with van der Waals surface area (Å²) in [5.41, 5.74) is 0.969. The molecule has 0 aromatic heterocycles. The smallest absolute Gasteiger partial charge is 0.293 e. The number of carbonyl (C=O) groups is 1. The van der Waals surface area contributed by atoms with Gasteiger partial charge in [-0.3, -0.25) is 14.9 Å². The number of nitrogens with one attached hydrogen (secondary N) is 2. The van der Waals surface area contributed by atoms with Gasteiger partial charge in [-0.05, 0) is 49.8 Å². The van der Waals surface area contributed by atoms with Crippen LogP contribution >= 0.6 is 12.4 Å². The highest BCUT2D eigenvalue weighted by Gasteiger charge is 2.28. The van der Waals surface area contributed by atoms with E-state index in [4.69, 9.17) is 0 Å². The minimum atomic E-state index is -0.380. The number of nitro benzene ring substituents is 1. The van der Waals surface area contributed by atoms with Crippen LogP contribution in [-0.2, 0) is 0 Å². The zero-order valence-electron chi connectivity index (χ0n) is 15.9. The summed E-state index contributed by atoms with van der Waals surface area (Å²) in [6, 6.07) is 5.14. The second-order valence-corrected chi connectivity index (χ2v) is 7.81. The molecule has 1 aromatic rings. The Morgan fingerprint density at radius 3 is 2.63 bits per heavy atom. The van der Waals surface area contributed by atoms with E-state index in [2.05, 4.69) is 29.4 Å². The molecule has 0 bridgehead atoms. The monoisotopic (exact) mass is 396 g/mol. The van der Waals surface area contributed by atoms with Crippen molar-refractivity contribution in [2.45, 2.75) is 39.2 Å². The Balaban J connectivity index is 0.00000261. The number of carbonyl (C=O) groups excluding carboxylic acids is 1. The fourth-order valence-electron chi connectivity index (χ4n) is 4.19. The van der Waals surface area contributed by atoms with Gasteiger partial charge in [-0.15, -0.1) is 12.4 Å². The average Bonchev–Trinajstić information content (AvgIpc) is 3.11. The third kappa shape index (κ3) is 5.32. The fourth-order valence-corrected chi connectivity index (χ4v) is 4.19. The minimum Gasteiger partial charge on any atom is -0.365 e. The summed E-state index contributed by atoms with van der Waals surface area (Å²) in [5, 5.41) is 17.8. The van der Waals surface area contributed by atoms with Crippen molar-refractivity contribution in [3.8, 4) is 0 Å². The van der Waals surface area contributed by atoms with Crippen molar-refractivity contribution in [1.29, 1.82) is 0 Å². The third-order valence-corrected chi connectivity index (χ3v) is 5.32. The van der Waals surface area contributed by atoms with Crippen LogP contribution in [0.15, 0.2) is 18.2 Å². The Hall–Kier alpha value is -1.86. The average molecular weight is 397 g/mol. The number of piperidine rings is 1. The highest BCUT2D eigenvalue weighted by Crippen LogP contribution is 2.33. The van der Waals surface area contributed by atoms with Crippen LogP contribution in [0.25, 0.3) is 0 Å². The molecule has 8 heteroatoms. The first-order valence-corrected chi connectivity index (χ1v) is 9.49. The molecule has 2 aliphatic heterocycles. The van der Waals surface area contributed by atoms with Crippen molar-refractivity contribution in [1.82, 2.24) is 10.6 Å². The first-order valence-electron chi connectivity index (χ1n) is 9.49. The molecule has 27 heavy (non-hydrogen) atoms. The van der Waals surface area contributed by atoms with Crippen molar-refractivity contribution in [2.24, 2.45) is 11.8 Å². The molecule has 1 amide bonds. The Bertz CT molecular complexity index is 669. The molecule has 2 fully saturated rings. The molecule has 2 aliphatic rings. The first-order chi connectivity index (χ1) is 12.4. The van der Waals surface area contributed by atoms with E-state index in [-0.39, 0.29) is 28.9 Å². The maximum Gasteiger partial charge on any atom is 0.293 e. The van der Waals surface area contributed by atoms with E-state index in [1.807, 2.05) is 0 Å². The van der Waals surface area contributed by atoms with Crippen LogP contribution in [-0.4, -0.2) is 43.1 Å². The van der Waals surface area contributed by atoms with E-state index in [0.717, 1.165) is 38.9 Å². The molecule has 1 aromatic carbocycles. The van der Waals surface area contributed by atoms with Gasteiger partial charge >= 0.3 is 0 Å². The molecule has 2 saturated heterocycles. The summed E-state index contributed by atoms with van der Waals surface area (Å²) in [6.07, 6.45) is 3.30. The van der Waals surface area contributed by atoms with Crippen molar-refractivity contribution in [3.63, 3.8) is 0 Å². The summed E-state index contributed by atoms with van der Waals surface area (Å²) in [7, 11) is 0. The van der Waals surface area contributed by atoms with E-state index >= 15 is 0 Å². The molecular weight excluding hydrogens is 368 g/mol. The Morgan fingerprint density at radius 1 is 1.33 bits per heavy atom. The van der Waals surface area contributed by atoms with Crippen molar-refractivity contribution in [2.75, 3.05) is 31.1 Å². The van der Waals surface area contributed by atoms with Gasteiger partial charge in [-0.2, -0.15) is 0 Å². The molecule has 2 heterocycles. The van der Waals surface area contributed by atoms with Crippen LogP contribution in [0.2, 0.25) is 0 Å². The molecular formula is C19H29ClN4O3. The Kier molecular flexibility index (Phi) is 7.44. The van der Waals surface area contributed by atoms with Gasteiger partial charge in [0.2, 0.25) is 0 Å². The summed E-state index contributed by atoms with van der Waals surface area (Å²) in [6.45, 7) is 7.50. The fraction of sp³-hybridized carbons (Fsp3) is 0.632. The quantitative estimate of drug-likeness (QED) is 0.590. The summed E-state index contributed by atoms with van der Waals surface area (Å²) in [4.78, 5) is 25.7. The molecule has 3 unspecified atom stereocenters. The van der Waals surface area contributed by atoms with Gasteiger partial charge in [0.25, 0.3) is 11.6 Å². The number of benzene rings is 1. The lowest BCUT2D eigenvalue weighted by Crippen LogP contribution is -2.39. The third-order valence-electron chi connectivity index (χ3n) is 5.32. The molecule has 0 spiro atoms. The van der Waals surface area contributed by atoms with Gasteiger partial charge in [0.05, 0.1) is 4.92 Å².